The maximum Gasteiger partial charge on any atom is 0.351 e. The largest absolute Gasteiger partial charge is 0.451 e. The van der Waals surface area contributed by atoms with Crippen LogP contribution in [0.25, 0.3) is 11.3 Å². The highest BCUT2D eigenvalue weighted by molar-refractivity contribution is 7.14. The summed E-state index contributed by atoms with van der Waals surface area (Å²) in [7, 11) is 0. The van der Waals surface area contributed by atoms with Crippen LogP contribution in [0.4, 0.5) is 0 Å². The number of hydrogen-bond acceptors (Lipinski definition) is 5. The van der Waals surface area contributed by atoms with Gasteiger partial charge in [-0.05, 0) is 13.3 Å². The van der Waals surface area contributed by atoms with E-state index in [0.717, 1.165) is 29.8 Å². The van der Waals surface area contributed by atoms with Crippen LogP contribution in [0.15, 0.2) is 30.3 Å². The Morgan fingerprint density at radius 1 is 1.21 bits per heavy atom. The van der Waals surface area contributed by atoms with Crippen molar-refractivity contribution in [1.82, 2.24) is 10.3 Å². The predicted molar refractivity (Wildman–Crippen MR) is 95.1 cm³/mol. The molecule has 0 bridgehead atoms. The molecule has 0 aliphatic carbocycles. The lowest BCUT2D eigenvalue weighted by Gasteiger charge is -2.06. The van der Waals surface area contributed by atoms with E-state index >= 15 is 0 Å². The zero-order valence-electron chi connectivity index (χ0n) is 14.0. The summed E-state index contributed by atoms with van der Waals surface area (Å²) in [6.45, 7) is 4.29. The van der Waals surface area contributed by atoms with Gasteiger partial charge in [0, 0.05) is 12.1 Å². The van der Waals surface area contributed by atoms with Crippen molar-refractivity contribution in [3.63, 3.8) is 0 Å². The molecule has 0 aliphatic rings. The Labute approximate surface area is 146 Å². The molecular weight excluding hydrogens is 324 g/mol. The summed E-state index contributed by atoms with van der Waals surface area (Å²) in [5, 5.41) is 3.53. The highest BCUT2D eigenvalue weighted by Gasteiger charge is 2.20. The molecule has 2 rings (SSSR count). The highest BCUT2D eigenvalue weighted by Crippen LogP contribution is 2.28. The average molecular weight is 346 g/mol. The van der Waals surface area contributed by atoms with Crippen molar-refractivity contribution in [3.8, 4) is 11.3 Å². The van der Waals surface area contributed by atoms with Gasteiger partial charge in [0.05, 0.1) is 10.7 Å². The van der Waals surface area contributed by atoms with Gasteiger partial charge >= 0.3 is 5.97 Å². The quantitative estimate of drug-likeness (QED) is 0.586. The van der Waals surface area contributed by atoms with Crippen LogP contribution in [-0.2, 0) is 9.53 Å². The van der Waals surface area contributed by atoms with Crippen LogP contribution in [-0.4, -0.2) is 30.0 Å². The standard InChI is InChI=1S/C18H22N2O3S/c1-3-4-8-11-19-15(21)12-23-18(22)17-16(20-13(2)24-17)14-9-6-5-7-10-14/h5-7,9-10H,3-4,8,11-12H2,1-2H3,(H,19,21). The fourth-order valence-corrected chi connectivity index (χ4v) is 3.04. The molecule has 1 amide bonds. The molecule has 0 saturated carbocycles. The molecular formula is C18H22N2O3S. The summed E-state index contributed by atoms with van der Waals surface area (Å²) in [4.78, 5) is 28.8. The lowest BCUT2D eigenvalue weighted by Crippen LogP contribution is -2.29. The number of carbonyl (C=O) groups is 2. The minimum atomic E-state index is -0.511. The van der Waals surface area contributed by atoms with E-state index < -0.39 is 5.97 Å². The van der Waals surface area contributed by atoms with Gasteiger partial charge in [0.1, 0.15) is 4.88 Å². The van der Waals surface area contributed by atoms with Crippen LogP contribution < -0.4 is 5.32 Å². The van der Waals surface area contributed by atoms with E-state index in [2.05, 4.69) is 17.2 Å². The van der Waals surface area contributed by atoms with Gasteiger partial charge in [0.15, 0.2) is 6.61 Å². The first-order chi connectivity index (χ1) is 11.6. The molecule has 0 saturated heterocycles. The molecule has 2 aromatic rings. The molecule has 0 aliphatic heterocycles. The number of rotatable bonds is 8. The third kappa shape index (κ3) is 5.16. The number of esters is 1. The maximum absolute atomic E-state index is 12.3. The van der Waals surface area contributed by atoms with Crippen LogP contribution in [0.3, 0.4) is 0 Å². The number of carbonyl (C=O) groups excluding carboxylic acids is 2. The predicted octanol–water partition coefficient (Wildman–Crippen LogP) is 3.58. The van der Waals surface area contributed by atoms with Crippen molar-refractivity contribution in [2.24, 2.45) is 0 Å². The van der Waals surface area contributed by atoms with Crippen LogP contribution in [0.5, 0.6) is 0 Å². The van der Waals surface area contributed by atoms with Gasteiger partial charge in [0.25, 0.3) is 5.91 Å². The SMILES string of the molecule is CCCCCNC(=O)COC(=O)c1sc(C)nc1-c1ccccc1. The van der Waals surface area contributed by atoms with Gasteiger partial charge in [-0.1, -0.05) is 50.1 Å². The molecule has 1 aromatic heterocycles. The molecule has 1 aromatic carbocycles. The molecule has 6 heteroatoms. The van der Waals surface area contributed by atoms with E-state index in [-0.39, 0.29) is 12.5 Å². The normalized spacial score (nSPS) is 10.4. The second kappa shape index (κ2) is 9.17. The number of nitrogens with one attached hydrogen (secondary N) is 1. The summed E-state index contributed by atoms with van der Waals surface area (Å²) in [5.41, 5.74) is 1.46. The lowest BCUT2D eigenvalue weighted by molar-refractivity contribution is -0.124. The first kappa shape index (κ1) is 18.1. The average Bonchev–Trinajstić information content (AvgIpc) is 2.99. The maximum atomic E-state index is 12.3. The summed E-state index contributed by atoms with van der Waals surface area (Å²) < 4.78 is 5.14. The molecule has 0 unspecified atom stereocenters. The van der Waals surface area contributed by atoms with Crippen molar-refractivity contribution >= 4 is 23.2 Å². The second-order valence-electron chi connectivity index (χ2n) is 5.41. The summed E-state index contributed by atoms with van der Waals surface area (Å²) in [6, 6.07) is 9.48. The van der Waals surface area contributed by atoms with Gasteiger partial charge in [0.2, 0.25) is 0 Å². The number of unbranched alkanes of at least 4 members (excludes halogenated alkanes) is 2. The fraction of sp³-hybridized carbons (Fsp3) is 0.389. The Kier molecular flexibility index (Phi) is 6.93. The van der Waals surface area contributed by atoms with Gasteiger partial charge in [-0.2, -0.15) is 0 Å². The Morgan fingerprint density at radius 2 is 1.96 bits per heavy atom. The third-order valence-corrected chi connectivity index (χ3v) is 4.35. The van der Waals surface area contributed by atoms with Crippen molar-refractivity contribution in [3.05, 3.63) is 40.2 Å². The molecule has 5 nitrogen and oxygen atoms in total. The third-order valence-electron chi connectivity index (χ3n) is 3.40. The Hall–Kier alpha value is -2.21. The first-order valence-corrected chi connectivity index (χ1v) is 8.90. The van der Waals surface area contributed by atoms with Gasteiger partial charge < -0.3 is 10.1 Å². The lowest BCUT2D eigenvalue weighted by atomic mass is 10.1. The van der Waals surface area contributed by atoms with Gasteiger partial charge in [-0.25, -0.2) is 9.78 Å². The highest BCUT2D eigenvalue weighted by atomic mass is 32.1. The Morgan fingerprint density at radius 3 is 2.67 bits per heavy atom. The second-order valence-corrected chi connectivity index (χ2v) is 6.61. The molecule has 0 atom stereocenters. The molecule has 1 heterocycles. The van der Waals surface area contributed by atoms with E-state index in [9.17, 15) is 9.59 Å². The van der Waals surface area contributed by atoms with E-state index in [1.165, 1.54) is 11.3 Å². The van der Waals surface area contributed by atoms with Crippen molar-refractivity contribution in [2.75, 3.05) is 13.2 Å². The number of benzene rings is 1. The van der Waals surface area contributed by atoms with Crippen molar-refractivity contribution in [2.45, 2.75) is 33.1 Å². The van der Waals surface area contributed by atoms with Crippen LogP contribution in [0, 0.1) is 6.92 Å². The monoisotopic (exact) mass is 346 g/mol. The van der Waals surface area contributed by atoms with Crippen molar-refractivity contribution < 1.29 is 14.3 Å². The van der Waals surface area contributed by atoms with Crippen molar-refractivity contribution in [1.29, 1.82) is 0 Å². The minimum absolute atomic E-state index is 0.268. The summed E-state index contributed by atoms with van der Waals surface area (Å²) in [5.74, 6) is -0.787. The molecule has 0 radical (unpaired) electrons. The van der Waals surface area contributed by atoms with E-state index in [0.29, 0.717) is 17.1 Å². The number of hydrogen-bond donors (Lipinski definition) is 1. The minimum Gasteiger partial charge on any atom is -0.451 e. The fourth-order valence-electron chi connectivity index (χ4n) is 2.21. The Balaban J connectivity index is 1.95. The molecule has 24 heavy (non-hydrogen) atoms. The van der Waals surface area contributed by atoms with Crippen LogP contribution >= 0.6 is 11.3 Å². The van der Waals surface area contributed by atoms with Gasteiger partial charge in [-0.3, -0.25) is 4.79 Å². The topological polar surface area (TPSA) is 68.3 Å². The number of ether oxygens (including phenoxy) is 1. The van der Waals surface area contributed by atoms with Crippen LogP contribution in [0.1, 0.15) is 40.9 Å². The molecule has 0 fully saturated rings. The summed E-state index contributed by atoms with van der Waals surface area (Å²) >= 11 is 1.28. The zero-order chi connectivity index (χ0) is 17.4. The van der Waals surface area contributed by atoms with Gasteiger partial charge in [-0.15, -0.1) is 11.3 Å². The zero-order valence-corrected chi connectivity index (χ0v) is 14.8. The Bertz CT molecular complexity index is 683. The summed E-state index contributed by atoms with van der Waals surface area (Å²) in [6.07, 6.45) is 3.10. The number of aromatic nitrogens is 1. The smallest absolute Gasteiger partial charge is 0.351 e. The van der Waals surface area contributed by atoms with E-state index in [1.54, 1.807) is 0 Å². The number of aryl methyl sites for hydroxylation is 1. The molecule has 128 valence electrons. The molecule has 1 N–H and O–H groups in total. The van der Waals surface area contributed by atoms with E-state index in [1.807, 2.05) is 37.3 Å². The van der Waals surface area contributed by atoms with E-state index in [4.69, 9.17) is 4.74 Å². The number of nitrogens with zero attached hydrogens (tertiary/aromatic N) is 1. The van der Waals surface area contributed by atoms with Crippen LogP contribution in [0.2, 0.25) is 0 Å². The first-order valence-electron chi connectivity index (χ1n) is 8.08. The number of amides is 1. The number of thiazole rings is 1. The molecule has 0 spiro atoms.